The predicted molar refractivity (Wildman–Crippen MR) is 81.2 cm³/mol. The van der Waals surface area contributed by atoms with Crippen LogP contribution in [0, 0.1) is 6.92 Å². The molecule has 0 aliphatic rings. The van der Waals surface area contributed by atoms with Gasteiger partial charge in [0.05, 0.1) is 6.61 Å². The summed E-state index contributed by atoms with van der Waals surface area (Å²) < 4.78 is 5.06. The van der Waals surface area contributed by atoms with Crippen molar-refractivity contribution in [2.24, 2.45) is 0 Å². The lowest BCUT2D eigenvalue weighted by atomic mass is 9.74. The first-order valence-corrected chi connectivity index (χ1v) is 7.08. The largest absolute Gasteiger partial charge is 0.480 e. The van der Waals surface area contributed by atoms with Gasteiger partial charge in [0.1, 0.15) is 0 Å². The molecular weight excluding hydrogens is 268 g/mol. The van der Waals surface area contributed by atoms with E-state index < -0.39 is 17.4 Å². The molecule has 0 saturated heterocycles. The van der Waals surface area contributed by atoms with Gasteiger partial charge in [0.15, 0.2) is 5.41 Å². The Labute approximate surface area is 125 Å². The number of aliphatic carboxylic acids is 1. The van der Waals surface area contributed by atoms with Crippen molar-refractivity contribution in [3.63, 3.8) is 0 Å². The summed E-state index contributed by atoms with van der Waals surface area (Å²) in [6.45, 7) is 7.26. The van der Waals surface area contributed by atoms with Crippen LogP contribution in [0.2, 0.25) is 0 Å². The van der Waals surface area contributed by atoms with Crippen molar-refractivity contribution in [1.82, 2.24) is 0 Å². The molecule has 0 spiro atoms. The second-order valence-corrected chi connectivity index (χ2v) is 4.93. The molecule has 1 N–H and O–H groups in total. The molecular formula is C17H22O4. The number of unbranched alkanes of at least 4 members (excludes halogenated alkanes) is 1. The Morgan fingerprint density at radius 3 is 2.57 bits per heavy atom. The maximum absolute atomic E-state index is 12.4. The van der Waals surface area contributed by atoms with Gasteiger partial charge in [-0.15, -0.1) is 6.58 Å². The summed E-state index contributed by atoms with van der Waals surface area (Å²) in [6.07, 6.45) is 3.12. The van der Waals surface area contributed by atoms with Gasteiger partial charge in [0, 0.05) is 0 Å². The monoisotopic (exact) mass is 290 g/mol. The van der Waals surface area contributed by atoms with Gasteiger partial charge in [0.2, 0.25) is 0 Å². The third-order valence-corrected chi connectivity index (χ3v) is 3.55. The molecule has 0 heterocycles. The molecule has 4 nitrogen and oxygen atoms in total. The number of hydrogen-bond acceptors (Lipinski definition) is 3. The summed E-state index contributed by atoms with van der Waals surface area (Å²) in [5.41, 5.74) is -0.378. The number of carbonyl (C=O) groups is 2. The normalized spacial score (nSPS) is 13.2. The van der Waals surface area contributed by atoms with Gasteiger partial charge in [-0.05, 0) is 44.2 Å². The third kappa shape index (κ3) is 3.51. The molecule has 1 rings (SSSR count). The molecule has 21 heavy (non-hydrogen) atoms. The maximum atomic E-state index is 12.4. The molecule has 1 atom stereocenters. The van der Waals surface area contributed by atoms with Crippen molar-refractivity contribution in [2.75, 3.05) is 6.61 Å². The molecule has 1 aromatic carbocycles. The number of carboxylic acids is 1. The van der Waals surface area contributed by atoms with E-state index in [1.165, 1.54) is 0 Å². The van der Waals surface area contributed by atoms with E-state index in [1.807, 2.05) is 6.07 Å². The van der Waals surface area contributed by atoms with E-state index in [9.17, 15) is 14.7 Å². The summed E-state index contributed by atoms with van der Waals surface area (Å²) in [7, 11) is 0. The number of carboxylic acid groups (broad SMARTS) is 1. The first-order valence-electron chi connectivity index (χ1n) is 7.08. The zero-order chi connectivity index (χ0) is 15.9. The van der Waals surface area contributed by atoms with Gasteiger partial charge in [-0.3, -0.25) is 9.59 Å². The molecule has 0 aromatic heterocycles. The molecule has 0 bridgehead atoms. The Morgan fingerprint density at radius 1 is 1.38 bits per heavy atom. The summed E-state index contributed by atoms with van der Waals surface area (Å²) in [6, 6.07) is 7.06. The topological polar surface area (TPSA) is 63.6 Å². The maximum Gasteiger partial charge on any atom is 0.328 e. The zero-order valence-corrected chi connectivity index (χ0v) is 12.6. The van der Waals surface area contributed by atoms with Gasteiger partial charge in [-0.1, -0.05) is 30.3 Å². The minimum Gasteiger partial charge on any atom is -0.480 e. The van der Waals surface area contributed by atoms with Gasteiger partial charge in [-0.2, -0.15) is 0 Å². The molecule has 0 radical (unpaired) electrons. The van der Waals surface area contributed by atoms with Crippen molar-refractivity contribution < 1.29 is 19.4 Å². The molecule has 0 amide bonds. The Hall–Kier alpha value is -2.10. The van der Waals surface area contributed by atoms with Crippen LogP contribution in [-0.4, -0.2) is 23.7 Å². The fourth-order valence-corrected chi connectivity index (χ4v) is 2.47. The zero-order valence-electron chi connectivity index (χ0n) is 12.6. The Morgan fingerprint density at radius 2 is 2.05 bits per heavy atom. The number of carbonyl (C=O) groups excluding carboxylic acids is 1. The molecule has 0 aliphatic carbocycles. The number of esters is 1. The quantitative estimate of drug-likeness (QED) is 0.345. The highest BCUT2D eigenvalue weighted by molar-refractivity contribution is 6.05. The molecule has 0 aliphatic heterocycles. The Bertz CT molecular complexity index is 521. The van der Waals surface area contributed by atoms with Crippen LogP contribution in [0.25, 0.3) is 0 Å². The van der Waals surface area contributed by atoms with Gasteiger partial charge in [0.25, 0.3) is 0 Å². The number of hydrogen-bond donors (Lipinski definition) is 1. The number of ether oxygens (including phenoxy) is 1. The average Bonchev–Trinajstić information content (AvgIpc) is 2.44. The molecule has 1 aromatic rings. The fourth-order valence-electron chi connectivity index (χ4n) is 2.47. The number of allylic oxidation sites excluding steroid dienone is 1. The van der Waals surface area contributed by atoms with Crippen LogP contribution in [-0.2, 0) is 19.7 Å². The van der Waals surface area contributed by atoms with E-state index in [0.717, 1.165) is 5.56 Å². The predicted octanol–water partition coefficient (Wildman–Crippen LogP) is 3.24. The van der Waals surface area contributed by atoms with Crippen LogP contribution in [0.4, 0.5) is 0 Å². The van der Waals surface area contributed by atoms with Gasteiger partial charge < -0.3 is 9.84 Å². The highest BCUT2D eigenvalue weighted by Crippen LogP contribution is 2.34. The number of rotatable bonds is 8. The summed E-state index contributed by atoms with van der Waals surface area (Å²) in [5, 5.41) is 9.77. The van der Waals surface area contributed by atoms with Crippen LogP contribution in [0.5, 0.6) is 0 Å². The SMILES string of the molecule is C=CCCCC(C(=O)O)(C(=O)OCC)c1ccccc1C. The van der Waals surface area contributed by atoms with Crippen LogP contribution < -0.4 is 0 Å². The minimum atomic E-state index is -1.65. The van der Waals surface area contributed by atoms with Crippen molar-refractivity contribution >= 4 is 11.9 Å². The first kappa shape index (κ1) is 17.0. The van der Waals surface area contributed by atoms with E-state index in [-0.39, 0.29) is 13.0 Å². The lowest BCUT2D eigenvalue weighted by Gasteiger charge is -2.29. The third-order valence-electron chi connectivity index (χ3n) is 3.55. The van der Waals surface area contributed by atoms with Crippen LogP contribution in [0.1, 0.15) is 37.3 Å². The number of aryl methyl sites for hydroxylation is 1. The highest BCUT2D eigenvalue weighted by atomic mass is 16.5. The number of benzene rings is 1. The van der Waals surface area contributed by atoms with E-state index in [4.69, 9.17) is 4.74 Å². The van der Waals surface area contributed by atoms with E-state index >= 15 is 0 Å². The lowest BCUT2D eigenvalue weighted by molar-refractivity contribution is -0.162. The second kappa shape index (κ2) is 7.62. The Kier molecular flexibility index (Phi) is 6.15. The van der Waals surface area contributed by atoms with Gasteiger partial charge >= 0.3 is 11.9 Å². The fraction of sp³-hybridized carbons (Fsp3) is 0.412. The molecule has 4 heteroatoms. The minimum absolute atomic E-state index is 0.154. The van der Waals surface area contributed by atoms with Crippen LogP contribution in [0.15, 0.2) is 36.9 Å². The van der Waals surface area contributed by atoms with Crippen molar-refractivity contribution in [3.05, 3.63) is 48.0 Å². The summed E-state index contributed by atoms with van der Waals surface area (Å²) in [4.78, 5) is 24.4. The standard InChI is InChI=1S/C17H22O4/c1-4-6-9-12-17(15(18)19,16(20)21-5-2)14-11-8-7-10-13(14)3/h4,7-8,10-11H,1,5-6,9,12H2,2-3H3,(H,18,19). The average molecular weight is 290 g/mol. The van der Waals surface area contributed by atoms with E-state index in [2.05, 4.69) is 6.58 Å². The van der Waals surface area contributed by atoms with Crippen molar-refractivity contribution in [2.45, 2.75) is 38.5 Å². The summed E-state index contributed by atoms with van der Waals surface area (Å²) in [5.74, 6) is -1.87. The van der Waals surface area contributed by atoms with Crippen LogP contribution in [0.3, 0.4) is 0 Å². The second-order valence-electron chi connectivity index (χ2n) is 4.93. The van der Waals surface area contributed by atoms with Crippen molar-refractivity contribution in [1.29, 1.82) is 0 Å². The smallest absolute Gasteiger partial charge is 0.328 e. The molecule has 0 fully saturated rings. The van der Waals surface area contributed by atoms with Gasteiger partial charge in [-0.25, -0.2) is 0 Å². The lowest BCUT2D eigenvalue weighted by Crippen LogP contribution is -2.45. The van der Waals surface area contributed by atoms with E-state index in [1.54, 1.807) is 38.1 Å². The molecule has 114 valence electrons. The summed E-state index contributed by atoms with van der Waals surface area (Å²) >= 11 is 0. The highest BCUT2D eigenvalue weighted by Gasteiger charge is 2.49. The first-order chi connectivity index (χ1) is 10.0. The van der Waals surface area contributed by atoms with E-state index in [0.29, 0.717) is 18.4 Å². The van der Waals surface area contributed by atoms with Crippen molar-refractivity contribution in [3.8, 4) is 0 Å². The van der Waals surface area contributed by atoms with Crippen LogP contribution >= 0.6 is 0 Å². The molecule has 0 saturated carbocycles. The Balaban J connectivity index is 3.36. The molecule has 1 unspecified atom stereocenters.